The van der Waals surface area contributed by atoms with Crippen LogP contribution in [0.25, 0.3) is 0 Å². The van der Waals surface area contributed by atoms with E-state index < -0.39 is 76.4 Å². The highest BCUT2D eigenvalue weighted by Gasteiger charge is 2.33. The largest absolute Gasteiger partial charge is 0.750 e. The van der Waals surface area contributed by atoms with Gasteiger partial charge in [0.2, 0.25) is 11.8 Å². The number of nitrogens with one attached hydrogen (secondary N) is 4. The number of esters is 1. The monoisotopic (exact) mass is 707 g/mol. The highest BCUT2D eigenvalue weighted by molar-refractivity contribution is 7.74. The summed E-state index contributed by atoms with van der Waals surface area (Å²) in [4.78, 5) is 87.6. The molecule has 49 heavy (non-hydrogen) atoms. The fraction of sp³-hybridized carbons (Fsp3) is 0.516. The Morgan fingerprint density at radius 2 is 1.55 bits per heavy atom. The van der Waals surface area contributed by atoms with Gasteiger partial charge >= 0.3 is 12.0 Å². The molecule has 0 fully saturated rings. The lowest BCUT2D eigenvalue weighted by Crippen LogP contribution is -2.56. The van der Waals surface area contributed by atoms with Crippen molar-refractivity contribution in [1.29, 1.82) is 0 Å². The molecule has 1 aliphatic heterocycles. The lowest BCUT2D eigenvalue weighted by Gasteiger charge is -2.27. The number of nitrogens with two attached hydrogens (primary N) is 1. The summed E-state index contributed by atoms with van der Waals surface area (Å²) in [6.45, 7) is 8.20. The van der Waals surface area contributed by atoms with Crippen molar-refractivity contribution in [1.82, 2.24) is 20.9 Å². The summed E-state index contributed by atoms with van der Waals surface area (Å²) in [6.07, 6.45) is 0.259. The van der Waals surface area contributed by atoms with Gasteiger partial charge in [-0.25, -0.2) is 9.00 Å². The lowest BCUT2D eigenvalue weighted by atomic mass is 9.97. The van der Waals surface area contributed by atoms with Crippen molar-refractivity contribution in [2.24, 2.45) is 17.1 Å². The van der Waals surface area contributed by atoms with Gasteiger partial charge in [-0.05, 0) is 57.2 Å². The maximum absolute atomic E-state index is 13.5. The predicted octanol–water partition coefficient (Wildman–Crippen LogP) is 0.283. The Morgan fingerprint density at radius 3 is 2.08 bits per heavy atom. The minimum Gasteiger partial charge on any atom is -0.750 e. The van der Waals surface area contributed by atoms with E-state index >= 15 is 0 Å². The van der Waals surface area contributed by atoms with Gasteiger partial charge < -0.3 is 36.3 Å². The van der Waals surface area contributed by atoms with Crippen LogP contribution >= 0.6 is 0 Å². The maximum Gasteiger partial charge on any atom is 0.312 e. The molecular weight excluding hydrogens is 664 g/mol. The van der Waals surface area contributed by atoms with Gasteiger partial charge in [-0.2, -0.15) is 0 Å². The van der Waals surface area contributed by atoms with Crippen molar-refractivity contribution >= 4 is 58.6 Å². The van der Waals surface area contributed by atoms with Gasteiger partial charge in [-0.1, -0.05) is 26.0 Å². The number of ether oxygens (including phenoxy) is 1. The molecule has 1 aliphatic rings. The molecule has 0 saturated heterocycles. The average molecular weight is 708 g/mol. The molecule has 1 aromatic carbocycles. The van der Waals surface area contributed by atoms with Crippen LogP contribution in [0, 0.1) is 11.3 Å². The Labute approximate surface area is 286 Å². The lowest BCUT2D eigenvalue weighted by molar-refractivity contribution is -0.154. The Bertz CT molecular complexity index is 1420. The van der Waals surface area contributed by atoms with E-state index in [1.165, 1.54) is 0 Å². The Morgan fingerprint density at radius 1 is 0.939 bits per heavy atom. The van der Waals surface area contributed by atoms with Gasteiger partial charge in [-0.3, -0.25) is 37.9 Å². The van der Waals surface area contributed by atoms with E-state index in [0.29, 0.717) is 11.3 Å². The summed E-state index contributed by atoms with van der Waals surface area (Å²) in [5.74, 6) is -4.62. The van der Waals surface area contributed by atoms with Gasteiger partial charge in [0.1, 0.15) is 18.7 Å². The number of carbonyl (C=O) groups is 7. The van der Waals surface area contributed by atoms with Crippen LogP contribution in [-0.2, 0) is 55.7 Å². The van der Waals surface area contributed by atoms with Crippen molar-refractivity contribution in [2.75, 3.05) is 18.4 Å². The number of rotatable bonds is 18. The number of primary amides is 1. The number of amides is 7. The Hall–Kier alpha value is -4.68. The molecular formula is C31H43N6O11S-. The Balaban J connectivity index is 2.14. The quantitative estimate of drug-likeness (QED) is 0.0599. The molecule has 270 valence electrons. The molecule has 2 rings (SSSR count). The smallest absolute Gasteiger partial charge is 0.312 e. The third-order valence-corrected chi connectivity index (χ3v) is 7.44. The highest BCUT2D eigenvalue weighted by atomic mass is 32.2. The number of urea groups is 1. The average Bonchev–Trinajstić information content (AvgIpc) is 3.33. The van der Waals surface area contributed by atoms with E-state index in [9.17, 15) is 42.3 Å². The summed E-state index contributed by atoms with van der Waals surface area (Å²) in [5.41, 5.74) is 5.49. The first-order valence-electron chi connectivity index (χ1n) is 15.4. The molecule has 18 heteroatoms. The van der Waals surface area contributed by atoms with E-state index in [0.717, 1.165) is 17.1 Å². The van der Waals surface area contributed by atoms with E-state index in [2.05, 4.69) is 21.3 Å². The van der Waals surface area contributed by atoms with Crippen LogP contribution in [0.3, 0.4) is 0 Å². The first kappa shape index (κ1) is 40.5. The molecule has 0 aromatic heterocycles. The predicted molar refractivity (Wildman–Crippen MR) is 174 cm³/mol. The van der Waals surface area contributed by atoms with Crippen LogP contribution in [-0.4, -0.2) is 86.5 Å². The molecule has 6 N–H and O–H groups in total. The third kappa shape index (κ3) is 13.8. The fourth-order valence-electron chi connectivity index (χ4n) is 4.32. The number of imide groups is 1. The summed E-state index contributed by atoms with van der Waals surface area (Å²) in [6, 6.07) is 3.27. The normalized spacial score (nSPS) is 15.3. The zero-order valence-corrected chi connectivity index (χ0v) is 28.8. The fourth-order valence-corrected chi connectivity index (χ4v) is 4.70. The topological polar surface area (TPSA) is 255 Å². The van der Waals surface area contributed by atoms with E-state index in [1.807, 2.05) is 0 Å². The molecule has 4 atom stereocenters. The summed E-state index contributed by atoms with van der Waals surface area (Å²) < 4.78 is 32.6. The molecule has 7 amide bonds. The van der Waals surface area contributed by atoms with Gasteiger partial charge in [0.15, 0.2) is 6.10 Å². The molecule has 17 nitrogen and oxygen atoms in total. The number of anilines is 1. The molecule has 0 saturated carbocycles. The van der Waals surface area contributed by atoms with Gasteiger partial charge in [0.05, 0.1) is 16.8 Å². The number of nitrogens with zero attached hydrogens (tertiary/aromatic N) is 1. The number of hydrogen-bond acceptors (Lipinski definition) is 11. The second-order valence-electron chi connectivity index (χ2n) is 12.5. The second-order valence-corrected chi connectivity index (χ2v) is 13.1. The van der Waals surface area contributed by atoms with E-state index in [4.69, 9.17) is 14.7 Å². The summed E-state index contributed by atoms with van der Waals surface area (Å²) in [7, 11) is 0. The molecule has 1 aromatic rings. The van der Waals surface area contributed by atoms with Crippen molar-refractivity contribution in [3.05, 3.63) is 42.0 Å². The van der Waals surface area contributed by atoms with Crippen LogP contribution in [0.1, 0.15) is 59.4 Å². The van der Waals surface area contributed by atoms with Crippen molar-refractivity contribution in [3.8, 4) is 0 Å². The van der Waals surface area contributed by atoms with Gasteiger partial charge in [-0.15, -0.1) is 0 Å². The molecule has 1 unspecified atom stereocenters. The number of hydrogen-bond donors (Lipinski definition) is 5. The van der Waals surface area contributed by atoms with Crippen LogP contribution in [0.4, 0.5) is 10.5 Å². The van der Waals surface area contributed by atoms with E-state index in [-0.39, 0.29) is 44.9 Å². The highest BCUT2D eigenvalue weighted by Crippen LogP contribution is 2.18. The zero-order chi connectivity index (χ0) is 36.9. The van der Waals surface area contributed by atoms with Crippen LogP contribution in [0.5, 0.6) is 0 Å². The van der Waals surface area contributed by atoms with Crippen molar-refractivity contribution in [3.63, 3.8) is 0 Å². The third-order valence-electron chi connectivity index (χ3n) is 7.06. The van der Waals surface area contributed by atoms with Crippen molar-refractivity contribution < 1.29 is 51.2 Å². The molecule has 0 spiro atoms. The first-order chi connectivity index (χ1) is 22.9. The summed E-state index contributed by atoms with van der Waals surface area (Å²) in [5, 5.41) is 10.1. The minimum absolute atomic E-state index is 0.0283. The minimum atomic E-state index is -3.15. The van der Waals surface area contributed by atoms with Crippen molar-refractivity contribution in [2.45, 2.75) is 78.7 Å². The van der Waals surface area contributed by atoms with Crippen LogP contribution in [0.15, 0.2) is 36.4 Å². The SMILES string of the molecule is CC(C)[C@H](NC(=O)[C@@H](CCN1C(=O)C=CC1=O)OS(=O)[O-])C(=O)N[C@@H](CCCNC(N)=O)C(=O)Nc1ccc(COC(=O)C(C)(C)C)cc1. The second kappa shape index (κ2) is 18.8. The standard InChI is InChI=1S/C31H44N6O11S/c1-18(2)25(36-27(41)22(48-49(45)46)14-16-37-23(38)12-13-24(37)39)28(42)35-21(7-6-15-33-30(32)44)26(40)34-20-10-8-19(9-11-20)17-47-29(43)31(3,4)5/h8-13,18,21-22,25H,6-7,14-17H2,1-5H3,(H,34,40)(H,35,42)(H,36,41)(H,45,46)(H3,32,33,44)/p-1/t21-,22+,25-/m0/s1. The van der Waals surface area contributed by atoms with Crippen LogP contribution in [0.2, 0.25) is 0 Å². The summed E-state index contributed by atoms with van der Waals surface area (Å²) >= 11 is -3.15. The Kier molecular flexibility index (Phi) is 15.5. The zero-order valence-electron chi connectivity index (χ0n) is 27.9. The number of benzene rings is 1. The van der Waals surface area contributed by atoms with E-state index in [1.54, 1.807) is 58.9 Å². The number of carbonyl (C=O) groups excluding carboxylic acids is 7. The molecule has 0 aliphatic carbocycles. The molecule has 1 heterocycles. The van der Waals surface area contributed by atoms with Crippen LogP contribution < -0.4 is 27.0 Å². The maximum atomic E-state index is 13.5. The molecule has 0 radical (unpaired) electrons. The molecule has 0 bridgehead atoms. The first-order valence-corrected chi connectivity index (χ1v) is 16.4. The van der Waals surface area contributed by atoms with Gasteiger partial charge in [0.25, 0.3) is 17.7 Å². The van der Waals surface area contributed by atoms with Gasteiger partial charge in [0, 0.05) is 37.3 Å².